The predicted octanol–water partition coefficient (Wildman–Crippen LogP) is 1.51. The molecular formula is C16H21FN2O2. The van der Waals surface area contributed by atoms with Crippen LogP contribution in [-0.2, 0) is 17.6 Å². The van der Waals surface area contributed by atoms with E-state index in [9.17, 15) is 14.3 Å². The van der Waals surface area contributed by atoms with E-state index in [1.54, 1.807) is 13.0 Å². The molecule has 0 radical (unpaired) electrons. The van der Waals surface area contributed by atoms with Gasteiger partial charge in [0.2, 0.25) is 0 Å². The standard InChI is InChI=1S/C16H21FN2O2/c1-3-10-6-11(17)7-13-12(10)8-15(21)16(13)19-14(9(2)20)4-5-18-19/h6-7,14-16,18,21H,3-5,8H2,1-2H3/t14?,15-,16-/m1/s1. The molecule has 1 saturated heterocycles. The van der Waals surface area contributed by atoms with Crippen molar-refractivity contribution in [1.29, 1.82) is 0 Å². The Morgan fingerprint density at radius 1 is 1.52 bits per heavy atom. The summed E-state index contributed by atoms with van der Waals surface area (Å²) < 4.78 is 13.9. The van der Waals surface area contributed by atoms with Crippen LogP contribution in [-0.4, -0.2) is 34.6 Å². The average molecular weight is 292 g/mol. The van der Waals surface area contributed by atoms with E-state index in [0.717, 1.165) is 29.5 Å². The molecule has 114 valence electrons. The quantitative estimate of drug-likeness (QED) is 0.887. The summed E-state index contributed by atoms with van der Waals surface area (Å²) in [4.78, 5) is 11.8. The van der Waals surface area contributed by atoms with Crippen LogP contribution in [0, 0.1) is 5.82 Å². The van der Waals surface area contributed by atoms with E-state index in [-0.39, 0.29) is 23.7 Å². The van der Waals surface area contributed by atoms with Crippen molar-refractivity contribution in [2.45, 2.75) is 51.3 Å². The van der Waals surface area contributed by atoms with Crippen molar-refractivity contribution < 1.29 is 14.3 Å². The van der Waals surface area contributed by atoms with Gasteiger partial charge in [-0.2, -0.15) is 0 Å². The molecule has 0 amide bonds. The lowest BCUT2D eigenvalue weighted by molar-refractivity contribution is -0.123. The van der Waals surface area contributed by atoms with Crippen LogP contribution < -0.4 is 5.43 Å². The Hall–Kier alpha value is -1.30. The molecule has 0 aromatic heterocycles. The molecule has 1 aliphatic heterocycles. The van der Waals surface area contributed by atoms with Crippen molar-refractivity contribution in [2.75, 3.05) is 6.54 Å². The maximum atomic E-state index is 13.9. The summed E-state index contributed by atoms with van der Waals surface area (Å²) in [5, 5.41) is 12.3. The highest BCUT2D eigenvalue weighted by atomic mass is 19.1. The molecule has 0 spiro atoms. The van der Waals surface area contributed by atoms with Gasteiger partial charge in [-0.25, -0.2) is 9.40 Å². The third-order valence-electron chi connectivity index (χ3n) is 4.64. The second-order valence-electron chi connectivity index (χ2n) is 5.93. The molecule has 2 N–H and O–H groups in total. The number of carbonyl (C=O) groups excluding carboxylic acids is 1. The summed E-state index contributed by atoms with van der Waals surface area (Å²) in [5.41, 5.74) is 5.99. The molecule has 3 atom stereocenters. The first-order chi connectivity index (χ1) is 10.0. The molecule has 5 heteroatoms. The fourth-order valence-electron chi connectivity index (χ4n) is 3.68. The molecule has 1 aromatic rings. The maximum absolute atomic E-state index is 13.9. The van der Waals surface area contributed by atoms with Gasteiger partial charge in [0.15, 0.2) is 0 Å². The van der Waals surface area contributed by atoms with Gasteiger partial charge in [-0.1, -0.05) is 6.92 Å². The minimum absolute atomic E-state index is 0.0766. The second-order valence-corrected chi connectivity index (χ2v) is 5.93. The number of aliphatic hydroxyl groups excluding tert-OH is 1. The summed E-state index contributed by atoms with van der Waals surface area (Å²) >= 11 is 0. The van der Waals surface area contributed by atoms with E-state index in [0.29, 0.717) is 13.0 Å². The molecule has 0 bridgehead atoms. The van der Waals surface area contributed by atoms with Gasteiger partial charge in [0.25, 0.3) is 0 Å². The number of hydrazine groups is 1. The number of aryl methyl sites for hydroxylation is 1. The summed E-state index contributed by atoms with van der Waals surface area (Å²) in [6, 6.07) is 2.46. The lowest BCUT2D eigenvalue weighted by Gasteiger charge is -2.31. The van der Waals surface area contributed by atoms with Crippen molar-refractivity contribution in [3.05, 3.63) is 34.6 Å². The largest absolute Gasteiger partial charge is 0.391 e. The van der Waals surface area contributed by atoms with Gasteiger partial charge < -0.3 is 5.11 Å². The molecule has 1 heterocycles. The van der Waals surface area contributed by atoms with Crippen molar-refractivity contribution in [3.8, 4) is 0 Å². The van der Waals surface area contributed by atoms with Crippen LogP contribution in [0.3, 0.4) is 0 Å². The Morgan fingerprint density at radius 2 is 2.29 bits per heavy atom. The first-order valence-electron chi connectivity index (χ1n) is 7.54. The van der Waals surface area contributed by atoms with E-state index in [1.165, 1.54) is 6.07 Å². The second kappa shape index (κ2) is 5.48. The van der Waals surface area contributed by atoms with Gasteiger partial charge in [0, 0.05) is 13.0 Å². The zero-order chi connectivity index (χ0) is 15.1. The molecule has 2 aliphatic rings. The number of aliphatic hydroxyl groups is 1. The van der Waals surface area contributed by atoms with Crippen LogP contribution in [0.4, 0.5) is 4.39 Å². The Bertz CT molecular complexity index is 576. The van der Waals surface area contributed by atoms with Crippen LogP contribution in [0.25, 0.3) is 0 Å². The zero-order valence-electron chi connectivity index (χ0n) is 12.4. The monoisotopic (exact) mass is 292 g/mol. The maximum Gasteiger partial charge on any atom is 0.148 e. The first kappa shape index (κ1) is 14.6. The highest BCUT2D eigenvalue weighted by Crippen LogP contribution is 2.40. The van der Waals surface area contributed by atoms with Crippen molar-refractivity contribution >= 4 is 5.78 Å². The highest BCUT2D eigenvalue weighted by Gasteiger charge is 2.42. The summed E-state index contributed by atoms with van der Waals surface area (Å²) in [6.07, 6.45) is 1.37. The fraction of sp³-hybridized carbons (Fsp3) is 0.562. The Kier molecular flexibility index (Phi) is 3.82. The number of hydrogen-bond acceptors (Lipinski definition) is 4. The Labute approximate surface area is 123 Å². The normalized spacial score (nSPS) is 28.9. The topological polar surface area (TPSA) is 52.6 Å². The van der Waals surface area contributed by atoms with Crippen molar-refractivity contribution in [2.24, 2.45) is 0 Å². The number of carbonyl (C=O) groups is 1. The predicted molar refractivity (Wildman–Crippen MR) is 77.2 cm³/mol. The lowest BCUT2D eigenvalue weighted by atomic mass is 9.99. The van der Waals surface area contributed by atoms with Crippen molar-refractivity contribution in [3.63, 3.8) is 0 Å². The Balaban J connectivity index is 2.02. The number of ketones is 1. The molecule has 0 saturated carbocycles. The molecule has 21 heavy (non-hydrogen) atoms. The van der Waals surface area contributed by atoms with Crippen LogP contribution in [0.5, 0.6) is 0 Å². The van der Waals surface area contributed by atoms with E-state index < -0.39 is 6.10 Å². The number of fused-ring (bicyclic) bond motifs is 1. The molecule has 1 unspecified atom stereocenters. The fourth-order valence-corrected chi connectivity index (χ4v) is 3.68. The molecule has 4 nitrogen and oxygen atoms in total. The number of halogens is 1. The van der Waals surface area contributed by atoms with Gasteiger partial charge in [0.05, 0.1) is 18.2 Å². The SMILES string of the molecule is CCc1cc(F)cc2c1C[C@@H](O)[C@@H]2N1NCCC1C(C)=O. The van der Waals surface area contributed by atoms with E-state index >= 15 is 0 Å². The minimum Gasteiger partial charge on any atom is -0.391 e. The van der Waals surface area contributed by atoms with E-state index in [1.807, 2.05) is 11.9 Å². The van der Waals surface area contributed by atoms with Crippen LogP contribution in [0.1, 0.15) is 43.0 Å². The van der Waals surface area contributed by atoms with Gasteiger partial charge in [-0.05, 0) is 48.6 Å². The van der Waals surface area contributed by atoms with Crippen molar-refractivity contribution in [1.82, 2.24) is 10.4 Å². The van der Waals surface area contributed by atoms with Crippen LogP contribution >= 0.6 is 0 Å². The third-order valence-corrected chi connectivity index (χ3v) is 4.64. The average Bonchev–Trinajstić information content (AvgIpc) is 3.01. The molecule has 1 aliphatic carbocycles. The van der Waals surface area contributed by atoms with E-state index in [4.69, 9.17) is 0 Å². The summed E-state index contributed by atoms with van der Waals surface area (Å²) in [6.45, 7) is 4.26. The number of nitrogens with zero attached hydrogens (tertiary/aromatic N) is 1. The molecule has 3 rings (SSSR count). The van der Waals surface area contributed by atoms with Gasteiger partial charge in [-0.15, -0.1) is 0 Å². The number of rotatable bonds is 3. The number of benzene rings is 1. The number of nitrogens with one attached hydrogen (secondary N) is 1. The third kappa shape index (κ3) is 2.39. The van der Waals surface area contributed by atoms with Gasteiger partial charge in [-0.3, -0.25) is 10.2 Å². The summed E-state index contributed by atoms with van der Waals surface area (Å²) in [7, 11) is 0. The summed E-state index contributed by atoms with van der Waals surface area (Å²) in [5.74, 6) is -0.198. The highest BCUT2D eigenvalue weighted by molar-refractivity contribution is 5.81. The van der Waals surface area contributed by atoms with Crippen LogP contribution in [0.2, 0.25) is 0 Å². The van der Waals surface area contributed by atoms with Gasteiger partial charge in [0.1, 0.15) is 11.6 Å². The first-order valence-corrected chi connectivity index (χ1v) is 7.54. The molecular weight excluding hydrogens is 271 g/mol. The Morgan fingerprint density at radius 3 is 2.95 bits per heavy atom. The zero-order valence-corrected chi connectivity index (χ0v) is 12.4. The minimum atomic E-state index is -0.612. The number of hydrogen-bond donors (Lipinski definition) is 2. The number of Topliss-reactive ketones (excluding diaryl/α,β-unsaturated/α-hetero) is 1. The van der Waals surface area contributed by atoms with Crippen LogP contribution in [0.15, 0.2) is 12.1 Å². The van der Waals surface area contributed by atoms with E-state index in [2.05, 4.69) is 5.43 Å². The molecule has 1 fully saturated rings. The van der Waals surface area contributed by atoms with Gasteiger partial charge >= 0.3 is 0 Å². The lowest BCUT2D eigenvalue weighted by Crippen LogP contribution is -2.46. The molecule has 1 aromatic carbocycles. The smallest absolute Gasteiger partial charge is 0.148 e.